The molecule has 0 saturated heterocycles. The van der Waals surface area contributed by atoms with Gasteiger partial charge in [-0.15, -0.1) is 0 Å². The van der Waals surface area contributed by atoms with Gasteiger partial charge in [0.15, 0.2) is 6.29 Å². The lowest BCUT2D eigenvalue weighted by Crippen LogP contribution is -2.22. The van der Waals surface area contributed by atoms with Crippen LogP contribution in [0.1, 0.15) is 86.0 Å². The Morgan fingerprint density at radius 2 is 1.10 bits per heavy atom. The highest BCUT2D eigenvalue weighted by Gasteiger charge is 2.11. The van der Waals surface area contributed by atoms with Crippen molar-refractivity contribution >= 4 is 0 Å². The van der Waals surface area contributed by atoms with Gasteiger partial charge >= 0.3 is 0 Å². The standard InChI is InChI=1S/C18H38O2/c1-6-7-8-9-10-11-12-13-18(19-14-16(2)3)20-15-17(4)5/h16-18H,6-15H2,1-5H3. The van der Waals surface area contributed by atoms with E-state index < -0.39 is 0 Å². The normalized spacial score (nSPS) is 12.0. The van der Waals surface area contributed by atoms with E-state index in [1.54, 1.807) is 0 Å². The van der Waals surface area contributed by atoms with Gasteiger partial charge in [-0.25, -0.2) is 0 Å². The summed E-state index contributed by atoms with van der Waals surface area (Å²) >= 11 is 0. The molecule has 2 heteroatoms. The Bertz CT molecular complexity index is 178. The van der Waals surface area contributed by atoms with Gasteiger partial charge in [0, 0.05) is 0 Å². The SMILES string of the molecule is CCCCCCCCCC(OCC(C)C)OCC(C)C. The Kier molecular flexibility index (Phi) is 13.8. The Labute approximate surface area is 127 Å². The minimum atomic E-state index is 0.00967. The van der Waals surface area contributed by atoms with Crippen LogP contribution in [0.3, 0.4) is 0 Å². The molecular weight excluding hydrogens is 248 g/mol. The smallest absolute Gasteiger partial charge is 0.157 e. The van der Waals surface area contributed by atoms with E-state index in [-0.39, 0.29) is 6.29 Å². The first kappa shape index (κ1) is 19.9. The zero-order chi connectivity index (χ0) is 15.2. The van der Waals surface area contributed by atoms with E-state index in [0.717, 1.165) is 19.6 Å². The average molecular weight is 286 g/mol. The zero-order valence-electron chi connectivity index (χ0n) is 14.6. The highest BCUT2D eigenvalue weighted by molar-refractivity contribution is 4.52. The molecule has 0 fully saturated rings. The fourth-order valence-corrected chi connectivity index (χ4v) is 2.08. The Morgan fingerprint density at radius 1 is 0.650 bits per heavy atom. The molecule has 0 spiro atoms. The van der Waals surface area contributed by atoms with Crippen molar-refractivity contribution in [2.24, 2.45) is 11.8 Å². The molecule has 20 heavy (non-hydrogen) atoms. The summed E-state index contributed by atoms with van der Waals surface area (Å²) < 4.78 is 11.8. The molecular formula is C18H38O2. The van der Waals surface area contributed by atoms with Gasteiger partial charge in [0.1, 0.15) is 0 Å². The first-order valence-electron chi connectivity index (χ1n) is 8.79. The average Bonchev–Trinajstić information content (AvgIpc) is 2.39. The van der Waals surface area contributed by atoms with Crippen LogP contribution < -0.4 is 0 Å². The summed E-state index contributed by atoms with van der Waals surface area (Å²) in [5.74, 6) is 1.16. The maximum absolute atomic E-state index is 5.88. The first-order valence-corrected chi connectivity index (χ1v) is 8.79. The zero-order valence-corrected chi connectivity index (χ0v) is 14.6. The molecule has 0 N–H and O–H groups in total. The second kappa shape index (κ2) is 13.9. The van der Waals surface area contributed by atoms with Gasteiger partial charge < -0.3 is 9.47 Å². The van der Waals surface area contributed by atoms with E-state index in [9.17, 15) is 0 Å². The molecule has 0 aromatic rings. The number of unbranched alkanes of at least 4 members (excludes halogenated alkanes) is 6. The molecule has 0 aliphatic rings. The molecule has 0 aromatic carbocycles. The van der Waals surface area contributed by atoms with Crippen molar-refractivity contribution in [3.63, 3.8) is 0 Å². The summed E-state index contributed by atoms with van der Waals surface area (Å²) in [6, 6.07) is 0. The fraction of sp³-hybridized carbons (Fsp3) is 1.00. The van der Waals surface area contributed by atoms with Crippen molar-refractivity contribution in [1.82, 2.24) is 0 Å². The molecule has 0 atom stereocenters. The van der Waals surface area contributed by atoms with Gasteiger partial charge in [-0.2, -0.15) is 0 Å². The second-order valence-corrected chi connectivity index (χ2v) is 6.79. The number of hydrogen-bond donors (Lipinski definition) is 0. The van der Waals surface area contributed by atoms with Crippen LogP contribution in [0.15, 0.2) is 0 Å². The van der Waals surface area contributed by atoms with Gasteiger partial charge in [0.05, 0.1) is 13.2 Å². The molecule has 122 valence electrons. The first-order chi connectivity index (χ1) is 9.56. The largest absolute Gasteiger partial charge is 0.352 e. The van der Waals surface area contributed by atoms with Crippen LogP contribution in [0.25, 0.3) is 0 Å². The molecule has 0 aliphatic carbocycles. The molecule has 0 radical (unpaired) electrons. The summed E-state index contributed by atoms with van der Waals surface area (Å²) in [7, 11) is 0. The van der Waals surface area contributed by atoms with Crippen molar-refractivity contribution in [3.05, 3.63) is 0 Å². The third kappa shape index (κ3) is 14.3. The molecule has 0 aliphatic heterocycles. The quantitative estimate of drug-likeness (QED) is 0.297. The van der Waals surface area contributed by atoms with Gasteiger partial charge in [-0.3, -0.25) is 0 Å². The minimum Gasteiger partial charge on any atom is -0.352 e. The van der Waals surface area contributed by atoms with E-state index in [0.29, 0.717) is 11.8 Å². The number of rotatable bonds is 14. The third-order valence-corrected chi connectivity index (χ3v) is 3.27. The van der Waals surface area contributed by atoms with Crippen LogP contribution >= 0.6 is 0 Å². The molecule has 0 heterocycles. The summed E-state index contributed by atoms with van der Waals surface area (Å²) in [6.07, 6.45) is 10.5. The summed E-state index contributed by atoms with van der Waals surface area (Å²) in [5, 5.41) is 0. The van der Waals surface area contributed by atoms with Gasteiger partial charge in [0.25, 0.3) is 0 Å². The highest BCUT2D eigenvalue weighted by atomic mass is 16.7. The highest BCUT2D eigenvalue weighted by Crippen LogP contribution is 2.13. The maximum atomic E-state index is 5.88. The Hall–Kier alpha value is -0.0800. The maximum Gasteiger partial charge on any atom is 0.157 e. The van der Waals surface area contributed by atoms with E-state index in [2.05, 4.69) is 34.6 Å². The Balaban J connectivity index is 3.67. The summed E-state index contributed by atoms with van der Waals surface area (Å²) in [5.41, 5.74) is 0. The van der Waals surface area contributed by atoms with Crippen LogP contribution in [-0.4, -0.2) is 19.5 Å². The molecule has 0 rings (SSSR count). The summed E-state index contributed by atoms with van der Waals surface area (Å²) in [4.78, 5) is 0. The van der Waals surface area contributed by atoms with Crippen LogP contribution in [-0.2, 0) is 9.47 Å². The topological polar surface area (TPSA) is 18.5 Å². The second-order valence-electron chi connectivity index (χ2n) is 6.79. The molecule has 2 nitrogen and oxygen atoms in total. The Morgan fingerprint density at radius 3 is 1.55 bits per heavy atom. The van der Waals surface area contributed by atoms with Crippen molar-refractivity contribution in [2.75, 3.05) is 13.2 Å². The van der Waals surface area contributed by atoms with E-state index in [1.807, 2.05) is 0 Å². The summed E-state index contributed by atoms with van der Waals surface area (Å²) in [6.45, 7) is 12.6. The third-order valence-electron chi connectivity index (χ3n) is 3.27. The van der Waals surface area contributed by atoms with E-state index in [1.165, 1.54) is 44.9 Å². The molecule has 0 bridgehead atoms. The number of hydrogen-bond acceptors (Lipinski definition) is 2. The van der Waals surface area contributed by atoms with Crippen LogP contribution in [0.2, 0.25) is 0 Å². The van der Waals surface area contributed by atoms with Crippen molar-refractivity contribution < 1.29 is 9.47 Å². The lowest BCUT2D eigenvalue weighted by Gasteiger charge is -2.21. The van der Waals surface area contributed by atoms with Crippen molar-refractivity contribution in [2.45, 2.75) is 92.3 Å². The molecule has 0 unspecified atom stereocenters. The van der Waals surface area contributed by atoms with Gasteiger partial charge in [-0.05, 0) is 24.7 Å². The number of ether oxygens (including phenoxy) is 2. The predicted molar refractivity (Wildman–Crippen MR) is 88.0 cm³/mol. The van der Waals surface area contributed by atoms with Gasteiger partial charge in [-0.1, -0.05) is 73.1 Å². The van der Waals surface area contributed by atoms with Crippen molar-refractivity contribution in [1.29, 1.82) is 0 Å². The molecule has 0 aromatic heterocycles. The van der Waals surface area contributed by atoms with Gasteiger partial charge in [0.2, 0.25) is 0 Å². The molecule has 0 saturated carbocycles. The van der Waals surface area contributed by atoms with E-state index >= 15 is 0 Å². The van der Waals surface area contributed by atoms with Crippen LogP contribution in [0.5, 0.6) is 0 Å². The minimum absolute atomic E-state index is 0.00967. The monoisotopic (exact) mass is 286 g/mol. The lowest BCUT2D eigenvalue weighted by molar-refractivity contribution is -0.157. The van der Waals surface area contributed by atoms with Crippen LogP contribution in [0.4, 0.5) is 0 Å². The predicted octanol–water partition coefficient (Wildman–Crippen LogP) is 5.80. The lowest BCUT2D eigenvalue weighted by atomic mass is 10.1. The van der Waals surface area contributed by atoms with E-state index in [4.69, 9.17) is 9.47 Å². The van der Waals surface area contributed by atoms with Crippen LogP contribution in [0, 0.1) is 11.8 Å². The fourth-order valence-electron chi connectivity index (χ4n) is 2.08. The van der Waals surface area contributed by atoms with Crippen molar-refractivity contribution in [3.8, 4) is 0 Å². The molecule has 0 amide bonds.